The van der Waals surface area contributed by atoms with Crippen molar-refractivity contribution < 1.29 is 0 Å². The Kier molecular flexibility index (Phi) is 5.47. The number of benzene rings is 1. The van der Waals surface area contributed by atoms with Gasteiger partial charge in [0.25, 0.3) is 0 Å². The molecule has 8 heteroatoms. The third-order valence-corrected chi connectivity index (χ3v) is 4.28. The molecule has 0 aliphatic rings. The van der Waals surface area contributed by atoms with E-state index in [0.29, 0.717) is 38.2 Å². The van der Waals surface area contributed by atoms with Crippen LogP contribution in [0.15, 0.2) is 30.5 Å². The molecule has 5 nitrogen and oxygen atoms in total. The van der Waals surface area contributed by atoms with Gasteiger partial charge in [0.05, 0.1) is 21.4 Å². The van der Waals surface area contributed by atoms with Gasteiger partial charge in [0.15, 0.2) is 5.82 Å². The molecule has 3 aromatic rings. The molecule has 0 spiro atoms. The van der Waals surface area contributed by atoms with Crippen molar-refractivity contribution >= 4 is 46.3 Å². The zero-order valence-electron chi connectivity index (χ0n) is 13.7. The molecule has 0 amide bonds. The molecule has 0 saturated carbocycles. The number of halogens is 3. The monoisotopic (exact) mass is 395 g/mol. The van der Waals surface area contributed by atoms with E-state index in [1.54, 1.807) is 22.9 Å². The average Bonchev–Trinajstić information content (AvgIpc) is 2.99. The van der Waals surface area contributed by atoms with Gasteiger partial charge < -0.3 is 5.32 Å². The summed E-state index contributed by atoms with van der Waals surface area (Å²) in [5.41, 5.74) is 1.57. The number of nitrogens with zero attached hydrogens (tertiary/aromatic N) is 4. The van der Waals surface area contributed by atoms with E-state index in [-0.39, 0.29) is 0 Å². The highest BCUT2D eigenvalue weighted by molar-refractivity contribution is 6.41. The molecule has 25 heavy (non-hydrogen) atoms. The summed E-state index contributed by atoms with van der Waals surface area (Å²) in [4.78, 5) is 8.83. The smallest absolute Gasteiger partial charge is 0.159 e. The molecule has 0 bridgehead atoms. The van der Waals surface area contributed by atoms with Gasteiger partial charge in [0, 0.05) is 17.3 Å². The number of nitrogens with one attached hydrogen (secondary N) is 1. The van der Waals surface area contributed by atoms with Crippen LogP contribution >= 0.6 is 34.8 Å². The fourth-order valence-electron chi connectivity index (χ4n) is 2.40. The minimum absolute atomic E-state index is 0.416. The Labute approximate surface area is 161 Å². The van der Waals surface area contributed by atoms with E-state index in [2.05, 4.69) is 27.3 Å². The van der Waals surface area contributed by atoms with Gasteiger partial charge in [-0.1, -0.05) is 48.1 Å². The Morgan fingerprint density at radius 2 is 1.80 bits per heavy atom. The maximum atomic E-state index is 6.23. The first kappa shape index (κ1) is 18.0. The van der Waals surface area contributed by atoms with Gasteiger partial charge in [-0.05, 0) is 31.5 Å². The van der Waals surface area contributed by atoms with Crippen molar-refractivity contribution in [3.8, 4) is 5.82 Å². The van der Waals surface area contributed by atoms with E-state index in [9.17, 15) is 0 Å². The van der Waals surface area contributed by atoms with E-state index < -0.39 is 0 Å². The molecule has 0 aliphatic heterocycles. The van der Waals surface area contributed by atoms with E-state index in [4.69, 9.17) is 34.8 Å². The zero-order chi connectivity index (χ0) is 18.0. The predicted octanol–water partition coefficient (Wildman–Crippen LogP) is 5.63. The van der Waals surface area contributed by atoms with Crippen LogP contribution in [0.4, 0.5) is 11.5 Å². The molecular weight excluding hydrogens is 381 g/mol. The second-order valence-electron chi connectivity index (χ2n) is 5.53. The van der Waals surface area contributed by atoms with Gasteiger partial charge in [-0.15, -0.1) is 0 Å². The predicted molar refractivity (Wildman–Crippen MR) is 103 cm³/mol. The molecule has 0 saturated heterocycles. The molecule has 3 rings (SSSR count). The minimum Gasteiger partial charge on any atom is -0.338 e. The summed E-state index contributed by atoms with van der Waals surface area (Å²) in [7, 11) is 0. The Bertz CT molecular complexity index is 884. The lowest BCUT2D eigenvalue weighted by Crippen LogP contribution is -2.05. The molecule has 0 radical (unpaired) electrons. The van der Waals surface area contributed by atoms with Crippen LogP contribution in [-0.2, 0) is 6.42 Å². The van der Waals surface area contributed by atoms with Crippen LogP contribution in [0.5, 0.6) is 0 Å². The van der Waals surface area contributed by atoms with E-state index >= 15 is 0 Å². The maximum Gasteiger partial charge on any atom is 0.159 e. The van der Waals surface area contributed by atoms with Gasteiger partial charge in [-0.25, -0.2) is 14.6 Å². The third kappa shape index (κ3) is 4.24. The molecule has 0 atom stereocenters. The standard InChI is InChI=1S/C17H16Cl3N5/c1-3-4-12-5-6-25(24-12)16-9-15(21-10(2)22-16)23-17-13(19)7-11(18)8-14(17)20/h5-9H,3-4H2,1-2H3,(H,21,22,23). The highest BCUT2D eigenvalue weighted by Crippen LogP contribution is 2.35. The first-order valence-electron chi connectivity index (χ1n) is 7.78. The van der Waals surface area contributed by atoms with Crippen LogP contribution in [0.3, 0.4) is 0 Å². The van der Waals surface area contributed by atoms with Crippen LogP contribution in [0.1, 0.15) is 24.9 Å². The van der Waals surface area contributed by atoms with E-state index in [1.807, 2.05) is 19.2 Å². The molecule has 1 aromatic carbocycles. The maximum absolute atomic E-state index is 6.23. The van der Waals surface area contributed by atoms with Gasteiger partial charge in [-0.3, -0.25) is 0 Å². The van der Waals surface area contributed by atoms with Crippen molar-refractivity contribution in [1.82, 2.24) is 19.7 Å². The van der Waals surface area contributed by atoms with Gasteiger partial charge in [0.1, 0.15) is 11.6 Å². The average molecular weight is 397 g/mol. The number of hydrogen-bond donors (Lipinski definition) is 1. The quantitative estimate of drug-likeness (QED) is 0.607. The Hall–Kier alpha value is -1.82. The Balaban J connectivity index is 1.94. The Morgan fingerprint density at radius 3 is 2.48 bits per heavy atom. The molecular formula is C17H16Cl3N5. The number of anilines is 2. The number of rotatable bonds is 5. The van der Waals surface area contributed by atoms with Crippen molar-refractivity contribution in [2.75, 3.05) is 5.32 Å². The largest absolute Gasteiger partial charge is 0.338 e. The third-order valence-electron chi connectivity index (χ3n) is 3.47. The van der Waals surface area contributed by atoms with Crippen molar-refractivity contribution in [2.24, 2.45) is 0 Å². The van der Waals surface area contributed by atoms with Crippen LogP contribution in [0, 0.1) is 6.92 Å². The van der Waals surface area contributed by atoms with Crippen LogP contribution in [-0.4, -0.2) is 19.7 Å². The normalized spacial score (nSPS) is 10.9. The number of aromatic nitrogens is 4. The lowest BCUT2D eigenvalue weighted by Gasteiger charge is -2.12. The highest BCUT2D eigenvalue weighted by Gasteiger charge is 2.11. The topological polar surface area (TPSA) is 55.6 Å². The van der Waals surface area contributed by atoms with Crippen molar-refractivity contribution in [3.05, 3.63) is 57.0 Å². The fourth-order valence-corrected chi connectivity index (χ4v) is 3.31. The molecule has 0 aliphatic carbocycles. The first-order valence-corrected chi connectivity index (χ1v) is 8.92. The first-order chi connectivity index (χ1) is 12.0. The second kappa shape index (κ2) is 7.60. The molecule has 0 unspecified atom stereocenters. The zero-order valence-corrected chi connectivity index (χ0v) is 16.0. The fraction of sp³-hybridized carbons (Fsp3) is 0.235. The lowest BCUT2D eigenvalue weighted by atomic mass is 10.3. The molecule has 0 fully saturated rings. The van der Waals surface area contributed by atoms with E-state index in [0.717, 1.165) is 18.5 Å². The van der Waals surface area contributed by atoms with Crippen LogP contribution < -0.4 is 5.32 Å². The van der Waals surface area contributed by atoms with Crippen molar-refractivity contribution in [1.29, 1.82) is 0 Å². The summed E-state index contributed by atoms with van der Waals surface area (Å²) in [5.74, 6) is 1.84. The summed E-state index contributed by atoms with van der Waals surface area (Å²) in [5, 5.41) is 8.98. The lowest BCUT2D eigenvalue weighted by molar-refractivity contribution is 0.783. The van der Waals surface area contributed by atoms with Crippen LogP contribution in [0.25, 0.3) is 5.82 Å². The molecule has 1 N–H and O–H groups in total. The Morgan fingerprint density at radius 1 is 1.08 bits per heavy atom. The van der Waals surface area contributed by atoms with E-state index in [1.165, 1.54) is 0 Å². The van der Waals surface area contributed by atoms with Crippen molar-refractivity contribution in [3.63, 3.8) is 0 Å². The summed E-state index contributed by atoms with van der Waals surface area (Å²) in [6.07, 6.45) is 3.86. The molecule has 130 valence electrons. The van der Waals surface area contributed by atoms with Gasteiger partial charge in [0.2, 0.25) is 0 Å². The van der Waals surface area contributed by atoms with Crippen LogP contribution in [0.2, 0.25) is 15.1 Å². The highest BCUT2D eigenvalue weighted by atomic mass is 35.5. The van der Waals surface area contributed by atoms with Crippen molar-refractivity contribution in [2.45, 2.75) is 26.7 Å². The van der Waals surface area contributed by atoms with Gasteiger partial charge >= 0.3 is 0 Å². The molecule has 2 aromatic heterocycles. The summed E-state index contributed by atoms with van der Waals surface area (Å²) >= 11 is 18.4. The second-order valence-corrected chi connectivity index (χ2v) is 6.78. The SMILES string of the molecule is CCCc1ccn(-c2cc(Nc3c(Cl)cc(Cl)cc3Cl)nc(C)n2)n1. The van der Waals surface area contributed by atoms with Gasteiger partial charge in [-0.2, -0.15) is 5.10 Å². The summed E-state index contributed by atoms with van der Waals surface area (Å²) in [6.45, 7) is 3.94. The minimum atomic E-state index is 0.416. The number of aryl methyl sites for hydroxylation is 2. The molecule has 2 heterocycles. The summed E-state index contributed by atoms with van der Waals surface area (Å²) in [6, 6.07) is 7.02. The summed E-state index contributed by atoms with van der Waals surface area (Å²) < 4.78 is 1.73. The number of hydrogen-bond acceptors (Lipinski definition) is 4.